The second-order valence-corrected chi connectivity index (χ2v) is 14.7. The average Bonchev–Trinajstić information content (AvgIpc) is 3.57. The summed E-state index contributed by atoms with van der Waals surface area (Å²) in [6.07, 6.45) is -1.52. The molecule has 2 saturated heterocycles. The molecule has 2 aliphatic rings. The standard InChI is InChI=1S/C24H24FN3O6S4/c25-21-12-17(6-7-22(21)27-8-10-35-11-9-27)28-15-18(34-24(28)29)14-26-38(32,33)23-13-20(16-36-23)37(30,31)19-4-2-1-3-5-19/h1-7,12-13,16,18,26H,8-11,14-15H2/t18-/m0/s1. The molecule has 0 saturated carbocycles. The number of anilines is 2. The number of carbonyl (C=O) groups is 1. The van der Waals surface area contributed by atoms with Gasteiger partial charge in [-0.15, -0.1) is 11.3 Å². The second-order valence-electron chi connectivity index (χ2n) is 8.62. The number of hydrogen-bond donors (Lipinski definition) is 1. The highest BCUT2D eigenvalue weighted by Gasteiger charge is 2.34. The number of sulfonamides is 1. The van der Waals surface area contributed by atoms with Crippen LogP contribution >= 0.6 is 23.1 Å². The van der Waals surface area contributed by atoms with E-state index in [-0.39, 0.29) is 27.1 Å². The van der Waals surface area contributed by atoms with Gasteiger partial charge in [0.2, 0.25) is 19.9 Å². The van der Waals surface area contributed by atoms with E-state index in [2.05, 4.69) is 4.72 Å². The molecule has 38 heavy (non-hydrogen) atoms. The summed E-state index contributed by atoms with van der Waals surface area (Å²) in [5.74, 6) is 1.41. The maximum absolute atomic E-state index is 14.8. The van der Waals surface area contributed by atoms with E-state index < -0.39 is 37.9 Å². The number of hydrogen-bond acceptors (Lipinski definition) is 9. The molecule has 2 aliphatic heterocycles. The van der Waals surface area contributed by atoms with E-state index in [1.807, 2.05) is 16.7 Å². The summed E-state index contributed by atoms with van der Waals surface area (Å²) in [4.78, 5) is 15.6. The first-order chi connectivity index (χ1) is 18.1. The molecule has 1 atom stereocenters. The lowest BCUT2D eigenvalue weighted by Gasteiger charge is -2.29. The summed E-state index contributed by atoms with van der Waals surface area (Å²) in [6, 6.07) is 13.4. The van der Waals surface area contributed by atoms with Crippen LogP contribution in [-0.2, 0) is 24.6 Å². The number of nitrogens with one attached hydrogen (secondary N) is 1. The van der Waals surface area contributed by atoms with Crippen LogP contribution in [0.25, 0.3) is 0 Å². The Labute approximate surface area is 228 Å². The van der Waals surface area contributed by atoms with Gasteiger partial charge in [-0.3, -0.25) is 4.90 Å². The van der Waals surface area contributed by atoms with Crippen LogP contribution in [0.15, 0.2) is 74.0 Å². The van der Waals surface area contributed by atoms with E-state index in [0.717, 1.165) is 42.0 Å². The van der Waals surface area contributed by atoms with Gasteiger partial charge in [0.15, 0.2) is 0 Å². The van der Waals surface area contributed by atoms with Crippen molar-refractivity contribution < 1.29 is 30.8 Å². The first-order valence-electron chi connectivity index (χ1n) is 11.6. The number of thioether (sulfide) groups is 1. The van der Waals surface area contributed by atoms with Crippen LogP contribution in [0.5, 0.6) is 0 Å². The monoisotopic (exact) mass is 597 g/mol. The number of rotatable bonds is 8. The Morgan fingerprint density at radius 1 is 1.00 bits per heavy atom. The molecular formula is C24H24FN3O6S4. The summed E-state index contributed by atoms with van der Waals surface area (Å²) >= 11 is 2.60. The quantitative estimate of drug-likeness (QED) is 0.420. The molecule has 3 aromatic rings. The number of cyclic esters (lactones) is 1. The second kappa shape index (κ2) is 10.8. The highest BCUT2D eigenvalue weighted by molar-refractivity contribution is 7.99. The van der Waals surface area contributed by atoms with Crippen molar-refractivity contribution in [3.63, 3.8) is 0 Å². The number of sulfone groups is 1. The van der Waals surface area contributed by atoms with Crippen molar-refractivity contribution in [3.8, 4) is 0 Å². The van der Waals surface area contributed by atoms with Crippen molar-refractivity contribution in [1.29, 1.82) is 0 Å². The SMILES string of the molecule is O=C1O[C@@H](CNS(=O)(=O)c2cc(S(=O)(=O)c3ccccc3)cs2)CN1c1ccc(N2CCSCC2)c(F)c1. The highest BCUT2D eigenvalue weighted by atomic mass is 32.2. The molecule has 2 aromatic carbocycles. The molecule has 0 unspecified atom stereocenters. The van der Waals surface area contributed by atoms with Gasteiger partial charge in [-0.2, -0.15) is 11.8 Å². The lowest BCUT2D eigenvalue weighted by atomic mass is 10.2. The molecule has 0 spiro atoms. The molecule has 0 radical (unpaired) electrons. The van der Waals surface area contributed by atoms with E-state index in [1.54, 1.807) is 30.3 Å². The largest absolute Gasteiger partial charge is 0.443 e. The van der Waals surface area contributed by atoms with E-state index in [9.17, 15) is 26.0 Å². The van der Waals surface area contributed by atoms with E-state index in [1.165, 1.54) is 28.5 Å². The molecule has 14 heteroatoms. The van der Waals surface area contributed by atoms with Gasteiger partial charge in [0.25, 0.3) is 0 Å². The predicted octanol–water partition coefficient (Wildman–Crippen LogP) is 3.58. The number of nitrogens with zero attached hydrogens (tertiary/aromatic N) is 2. The van der Waals surface area contributed by atoms with Crippen molar-refractivity contribution >= 4 is 60.4 Å². The van der Waals surface area contributed by atoms with Crippen LogP contribution < -0.4 is 14.5 Å². The third-order valence-electron chi connectivity index (χ3n) is 6.15. The van der Waals surface area contributed by atoms with Gasteiger partial charge < -0.3 is 9.64 Å². The average molecular weight is 598 g/mol. The fraction of sp³-hybridized carbons (Fsp3) is 0.292. The Morgan fingerprint density at radius 3 is 2.45 bits per heavy atom. The van der Waals surface area contributed by atoms with E-state index in [4.69, 9.17) is 4.74 Å². The van der Waals surface area contributed by atoms with Gasteiger partial charge in [0.1, 0.15) is 16.1 Å². The van der Waals surface area contributed by atoms with E-state index >= 15 is 0 Å². The van der Waals surface area contributed by atoms with Gasteiger partial charge in [0, 0.05) is 36.5 Å². The number of benzene rings is 2. The maximum atomic E-state index is 14.8. The Hall–Kier alpha value is -2.65. The van der Waals surface area contributed by atoms with Gasteiger partial charge in [-0.1, -0.05) is 18.2 Å². The van der Waals surface area contributed by atoms with E-state index in [0.29, 0.717) is 11.4 Å². The molecule has 2 fully saturated rings. The van der Waals surface area contributed by atoms with Gasteiger partial charge >= 0.3 is 6.09 Å². The normalized spacial score (nSPS) is 18.6. The molecule has 1 N–H and O–H groups in total. The number of ether oxygens (including phenoxy) is 1. The number of carbonyl (C=O) groups excluding carboxylic acids is 1. The molecule has 9 nitrogen and oxygen atoms in total. The first-order valence-corrected chi connectivity index (χ1v) is 16.6. The molecule has 3 heterocycles. The zero-order valence-electron chi connectivity index (χ0n) is 19.9. The summed E-state index contributed by atoms with van der Waals surface area (Å²) in [5, 5.41) is 1.27. The van der Waals surface area contributed by atoms with Gasteiger partial charge in [-0.05, 0) is 36.4 Å². The minimum atomic E-state index is -4.07. The summed E-state index contributed by atoms with van der Waals surface area (Å²) in [7, 11) is -7.93. The topological polar surface area (TPSA) is 113 Å². The van der Waals surface area contributed by atoms with Crippen LogP contribution in [0.3, 0.4) is 0 Å². The van der Waals surface area contributed by atoms with Gasteiger partial charge in [-0.25, -0.2) is 30.7 Å². The van der Waals surface area contributed by atoms with Crippen LogP contribution in [0.2, 0.25) is 0 Å². The molecule has 0 bridgehead atoms. The molecule has 202 valence electrons. The van der Waals surface area contributed by atoms with Crippen molar-refractivity contribution in [2.45, 2.75) is 20.1 Å². The summed E-state index contributed by atoms with van der Waals surface area (Å²) in [6.45, 7) is 1.30. The van der Waals surface area contributed by atoms with Crippen molar-refractivity contribution in [3.05, 3.63) is 65.8 Å². The Bertz CT molecular complexity index is 1540. The Morgan fingerprint density at radius 2 is 1.74 bits per heavy atom. The molecule has 5 rings (SSSR count). The summed E-state index contributed by atoms with van der Waals surface area (Å²) < 4.78 is 73.5. The predicted molar refractivity (Wildman–Crippen MR) is 145 cm³/mol. The molecule has 1 aromatic heterocycles. The lowest BCUT2D eigenvalue weighted by Crippen LogP contribution is -2.34. The minimum Gasteiger partial charge on any atom is -0.443 e. The Balaban J connectivity index is 1.23. The van der Waals surface area contributed by atoms with Crippen molar-refractivity contribution in [1.82, 2.24) is 4.72 Å². The molecular weight excluding hydrogens is 574 g/mol. The molecule has 1 amide bonds. The fourth-order valence-corrected chi connectivity index (χ4v) is 9.07. The maximum Gasteiger partial charge on any atom is 0.414 e. The van der Waals surface area contributed by atoms with Crippen molar-refractivity contribution in [2.24, 2.45) is 0 Å². The van der Waals surface area contributed by atoms with Crippen molar-refractivity contribution in [2.75, 3.05) is 47.5 Å². The summed E-state index contributed by atoms with van der Waals surface area (Å²) in [5.41, 5.74) is 0.803. The first kappa shape index (κ1) is 26.9. The fourth-order valence-electron chi connectivity index (χ4n) is 4.15. The third-order valence-corrected chi connectivity index (χ3v) is 11.9. The zero-order chi connectivity index (χ0) is 26.9. The van der Waals surface area contributed by atoms with Crippen LogP contribution in [0.1, 0.15) is 0 Å². The highest BCUT2D eigenvalue weighted by Crippen LogP contribution is 2.30. The minimum absolute atomic E-state index is 0.0264. The lowest BCUT2D eigenvalue weighted by molar-refractivity contribution is 0.143. The number of thiophene rings is 1. The Kier molecular flexibility index (Phi) is 7.69. The number of amides is 1. The van der Waals surface area contributed by atoms with Crippen LogP contribution in [0, 0.1) is 5.82 Å². The molecule has 0 aliphatic carbocycles. The third kappa shape index (κ3) is 5.54. The smallest absolute Gasteiger partial charge is 0.414 e. The zero-order valence-corrected chi connectivity index (χ0v) is 23.2. The van der Waals surface area contributed by atoms with Gasteiger partial charge in [0.05, 0.1) is 27.7 Å². The van der Waals surface area contributed by atoms with Crippen LogP contribution in [-0.4, -0.2) is 66.7 Å². The number of halogens is 1. The van der Waals surface area contributed by atoms with Crippen LogP contribution in [0.4, 0.5) is 20.6 Å².